The highest BCUT2D eigenvalue weighted by Crippen LogP contribution is 2.28. The summed E-state index contributed by atoms with van der Waals surface area (Å²) in [6.45, 7) is 10.7. The minimum Gasteiger partial charge on any atom is -0.256 e. The van der Waals surface area contributed by atoms with Crippen LogP contribution in [0.25, 0.3) is 10.9 Å². The van der Waals surface area contributed by atoms with E-state index in [0.29, 0.717) is 0 Å². The van der Waals surface area contributed by atoms with Gasteiger partial charge in [-0.1, -0.05) is 52.8 Å². The van der Waals surface area contributed by atoms with Crippen LogP contribution in [0.1, 0.15) is 40.2 Å². The molecule has 0 aliphatic rings. The standard InChI is InChI=1S/C13H15N.C2H6/c1-13(2,3)11-8-9-14-12-7-5-4-6-10(11)12;1-2/h4-9H,1-3H3;1-2H3. The van der Waals surface area contributed by atoms with Crippen molar-refractivity contribution in [3.05, 3.63) is 42.1 Å². The van der Waals surface area contributed by atoms with Crippen molar-refractivity contribution < 1.29 is 0 Å². The SMILES string of the molecule is CC.CC(C)(C)c1ccnc2ccccc12. The first-order valence-electron chi connectivity index (χ1n) is 5.93. The lowest BCUT2D eigenvalue weighted by Crippen LogP contribution is -2.11. The molecule has 1 heteroatoms. The molecule has 0 aliphatic carbocycles. The molecular formula is C15H21N. The predicted molar refractivity (Wildman–Crippen MR) is 71.8 cm³/mol. The minimum absolute atomic E-state index is 0.183. The molecule has 0 spiro atoms. The van der Waals surface area contributed by atoms with Crippen LogP contribution in [0, 0.1) is 0 Å². The minimum atomic E-state index is 0.183. The van der Waals surface area contributed by atoms with E-state index in [2.05, 4.69) is 50.0 Å². The summed E-state index contributed by atoms with van der Waals surface area (Å²) in [4.78, 5) is 4.36. The van der Waals surface area contributed by atoms with Gasteiger partial charge >= 0.3 is 0 Å². The summed E-state index contributed by atoms with van der Waals surface area (Å²) in [5.74, 6) is 0. The Balaban J connectivity index is 0.000000606. The van der Waals surface area contributed by atoms with Gasteiger partial charge in [-0.2, -0.15) is 0 Å². The van der Waals surface area contributed by atoms with Gasteiger partial charge in [0.2, 0.25) is 0 Å². The Morgan fingerprint density at radius 3 is 2.19 bits per heavy atom. The average Bonchev–Trinajstić information content (AvgIpc) is 2.30. The van der Waals surface area contributed by atoms with Crippen LogP contribution in [0.3, 0.4) is 0 Å². The molecular weight excluding hydrogens is 194 g/mol. The molecule has 1 aromatic carbocycles. The lowest BCUT2D eigenvalue weighted by atomic mass is 9.85. The first-order valence-corrected chi connectivity index (χ1v) is 5.93. The zero-order valence-corrected chi connectivity index (χ0v) is 10.9. The summed E-state index contributed by atoms with van der Waals surface area (Å²) in [5.41, 5.74) is 2.63. The lowest BCUT2D eigenvalue weighted by Gasteiger charge is -2.20. The van der Waals surface area contributed by atoms with Gasteiger partial charge in [0.1, 0.15) is 0 Å². The summed E-state index contributed by atoms with van der Waals surface area (Å²) < 4.78 is 0. The Labute approximate surface area is 98.5 Å². The fourth-order valence-corrected chi connectivity index (χ4v) is 1.75. The number of fused-ring (bicyclic) bond motifs is 1. The number of para-hydroxylation sites is 1. The number of benzene rings is 1. The Bertz CT molecular complexity index is 447. The third-order valence-corrected chi connectivity index (χ3v) is 2.46. The summed E-state index contributed by atoms with van der Waals surface area (Å²) in [7, 11) is 0. The second-order valence-corrected chi connectivity index (χ2v) is 4.63. The summed E-state index contributed by atoms with van der Waals surface area (Å²) in [6, 6.07) is 10.4. The number of rotatable bonds is 0. The molecule has 0 bridgehead atoms. The second kappa shape index (κ2) is 5.11. The summed E-state index contributed by atoms with van der Waals surface area (Å²) in [6.07, 6.45) is 1.89. The van der Waals surface area contributed by atoms with Gasteiger partial charge < -0.3 is 0 Å². The van der Waals surface area contributed by atoms with Crippen molar-refractivity contribution in [1.82, 2.24) is 4.98 Å². The van der Waals surface area contributed by atoms with Crippen LogP contribution in [-0.2, 0) is 5.41 Å². The molecule has 0 amide bonds. The highest BCUT2D eigenvalue weighted by atomic mass is 14.6. The van der Waals surface area contributed by atoms with Gasteiger partial charge in [0.15, 0.2) is 0 Å². The fourth-order valence-electron chi connectivity index (χ4n) is 1.75. The van der Waals surface area contributed by atoms with Gasteiger partial charge in [0, 0.05) is 11.6 Å². The smallest absolute Gasteiger partial charge is 0.0704 e. The van der Waals surface area contributed by atoms with Gasteiger partial charge in [-0.15, -0.1) is 0 Å². The number of pyridine rings is 1. The van der Waals surface area contributed by atoms with E-state index in [1.54, 1.807) is 0 Å². The molecule has 0 aliphatic heterocycles. The van der Waals surface area contributed by atoms with Crippen LogP contribution in [0.4, 0.5) is 0 Å². The van der Waals surface area contributed by atoms with Crippen molar-refractivity contribution in [1.29, 1.82) is 0 Å². The number of nitrogens with zero attached hydrogens (tertiary/aromatic N) is 1. The molecule has 16 heavy (non-hydrogen) atoms. The molecule has 0 fully saturated rings. The van der Waals surface area contributed by atoms with Gasteiger partial charge in [-0.25, -0.2) is 0 Å². The lowest BCUT2D eigenvalue weighted by molar-refractivity contribution is 0.595. The average molecular weight is 215 g/mol. The van der Waals surface area contributed by atoms with Crippen LogP contribution in [0.2, 0.25) is 0 Å². The molecule has 1 nitrogen and oxygen atoms in total. The molecule has 0 N–H and O–H groups in total. The molecule has 86 valence electrons. The number of hydrogen-bond donors (Lipinski definition) is 0. The van der Waals surface area contributed by atoms with E-state index >= 15 is 0 Å². The zero-order valence-electron chi connectivity index (χ0n) is 10.9. The zero-order chi connectivity index (χ0) is 12.2. The highest BCUT2D eigenvalue weighted by molar-refractivity contribution is 5.82. The van der Waals surface area contributed by atoms with E-state index in [0.717, 1.165) is 5.52 Å². The van der Waals surface area contributed by atoms with Crippen molar-refractivity contribution in [2.45, 2.75) is 40.0 Å². The third kappa shape index (κ3) is 2.60. The molecule has 0 atom stereocenters. The van der Waals surface area contributed by atoms with Crippen LogP contribution >= 0.6 is 0 Å². The molecule has 0 saturated heterocycles. The predicted octanol–water partition coefficient (Wildman–Crippen LogP) is 4.56. The largest absolute Gasteiger partial charge is 0.256 e. The van der Waals surface area contributed by atoms with E-state index in [9.17, 15) is 0 Å². The molecule has 0 saturated carbocycles. The van der Waals surface area contributed by atoms with Crippen molar-refractivity contribution in [2.75, 3.05) is 0 Å². The third-order valence-electron chi connectivity index (χ3n) is 2.46. The van der Waals surface area contributed by atoms with Crippen LogP contribution in [0.5, 0.6) is 0 Å². The molecule has 0 radical (unpaired) electrons. The highest BCUT2D eigenvalue weighted by Gasteiger charge is 2.16. The maximum atomic E-state index is 4.36. The summed E-state index contributed by atoms with van der Waals surface area (Å²) in [5, 5.41) is 1.27. The van der Waals surface area contributed by atoms with Gasteiger partial charge in [-0.05, 0) is 23.1 Å². The molecule has 1 aromatic heterocycles. The van der Waals surface area contributed by atoms with Crippen molar-refractivity contribution in [3.63, 3.8) is 0 Å². The number of hydrogen-bond acceptors (Lipinski definition) is 1. The van der Waals surface area contributed by atoms with Crippen LogP contribution in [0.15, 0.2) is 36.5 Å². The van der Waals surface area contributed by atoms with Crippen LogP contribution < -0.4 is 0 Å². The Morgan fingerprint density at radius 1 is 0.938 bits per heavy atom. The van der Waals surface area contributed by atoms with E-state index in [1.807, 2.05) is 26.1 Å². The van der Waals surface area contributed by atoms with Crippen molar-refractivity contribution >= 4 is 10.9 Å². The number of aromatic nitrogens is 1. The molecule has 2 aromatic rings. The first-order chi connectivity index (χ1) is 7.59. The Kier molecular flexibility index (Phi) is 4.05. The topological polar surface area (TPSA) is 12.9 Å². The Morgan fingerprint density at radius 2 is 1.56 bits per heavy atom. The Hall–Kier alpha value is -1.37. The van der Waals surface area contributed by atoms with E-state index < -0.39 is 0 Å². The van der Waals surface area contributed by atoms with E-state index in [4.69, 9.17) is 0 Å². The maximum absolute atomic E-state index is 4.36. The van der Waals surface area contributed by atoms with Crippen molar-refractivity contribution in [2.24, 2.45) is 0 Å². The normalized spacial score (nSPS) is 10.8. The van der Waals surface area contributed by atoms with E-state index in [-0.39, 0.29) is 5.41 Å². The second-order valence-electron chi connectivity index (χ2n) is 4.63. The van der Waals surface area contributed by atoms with Gasteiger partial charge in [0.05, 0.1) is 5.52 Å². The van der Waals surface area contributed by atoms with Gasteiger partial charge in [0.25, 0.3) is 0 Å². The fraction of sp³-hybridized carbons (Fsp3) is 0.400. The maximum Gasteiger partial charge on any atom is 0.0704 e. The molecule has 1 heterocycles. The van der Waals surface area contributed by atoms with Crippen molar-refractivity contribution in [3.8, 4) is 0 Å². The van der Waals surface area contributed by atoms with E-state index in [1.165, 1.54) is 10.9 Å². The molecule has 2 rings (SSSR count). The quantitative estimate of drug-likeness (QED) is 0.628. The molecule has 0 unspecified atom stereocenters. The van der Waals surface area contributed by atoms with Crippen LogP contribution in [-0.4, -0.2) is 4.98 Å². The van der Waals surface area contributed by atoms with Gasteiger partial charge in [-0.3, -0.25) is 4.98 Å². The summed E-state index contributed by atoms with van der Waals surface area (Å²) >= 11 is 0. The first kappa shape index (κ1) is 12.7. The monoisotopic (exact) mass is 215 g/mol.